The first-order valence-corrected chi connectivity index (χ1v) is 8.31. The van der Waals surface area contributed by atoms with Crippen molar-refractivity contribution in [2.45, 2.75) is 52.0 Å². The maximum atomic E-state index is 12.2. The van der Waals surface area contributed by atoms with Crippen LogP contribution >= 0.6 is 11.3 Å². The molecule has 0 aromatic carbocycles. The number of likely N-dealkylation sites (tertiary alicyclic amines) is 1. The molecule has 0 aliphatic carbocycles. The van der Waals surface area contributed by atoms with Gasteiger partial charge in [0.05, 0.1) is 18.7 Å². The molecule has 2 heterocycles. The third kappa shape index (κ3) is 4.66. The summed E-state index contributed by atoms with van der Waals surface area (Å²) in [6.07, 6.45) is -0.322. The van der Waals surface area contributed by atoms with E-state index in [9.17, 15) is 4.79 Å². The van der Waals surface area contributed by atoms with Gasteiger partial charge in [0, 0.05) is 31.3 Å². The van der Waals surface area contributed by atoms with Gasteiger partial charge < -0.3 is 19.7 Å². The molecule has 1 saturated heterocycles. The molecule has 124 valence electrons. The van der Waals surface area contributed by atoms with Crippen LogP contribution in [0.4, 0.5) is 4.79 Å². The van der Waals surface area contributed by atoms with Gasteiger partial charge in [-0.2, -0.15) is 0 Å². The van der Waals surface area contributed by atoms with E-state index in [0.29, 0.717) is 19.6 Å². The normalized spacial score (nSPS) is 22.1. The van der Waals surface area contributed by atoms with Crippen molar-refractivity contribution >= 4 is 17.4 Å². The molecule has 6 nitrogen and oxygen atoms in total. The van der Waals surface area contributed by atoms with Crippen LogP contribution in [0.25, 0.3) is 0 Å². The summed E-state index contributed by atoms with van der Waals surface area (Å²) < 4.78 is 10.9. The molecule has 1 aromatic heterocycles. The standard InChI is InChI=1S/C15H25N3O3S/c1-10-9-22-13(17-10)6-16-11-7-18(8-12(11)20-5)14(19)21-15(2,3)4/h9,11-12,16H,6-8H2,1-5H3/t11?,12-/m0/s1. The van der Waals surface area contributed by atoms with Crippen molar-refractivity contribution in [2.75, 3.05) is 20.2 Å². The number of hydrogen-bond donors (Lipinski definition) is 1. The smallest absolute Gasteiger partial charge is 0.410 e. The maximum absolute atomic E-state index is 12.2. The molecule has 1 N–H and O–H groups in total. The van der Waals surface area contributed by atoms with E-state index in [1.165, 1.54) is 0 Å². The van der Waals surface area contributed by atoms with Crippen LogP contribution in [-0.2, 0) is 16.0 Å². The fourth-order valence-electron chi connectivity index (χ4n) is 2.39. The highest BCUT2D eigenvalue weighted by molar-refractivity contribution is 7.09. The second-order valence-corrected chi connectivity index (χ2v) is 7.47. The van der Waals surface area contributed by atoms with Crippen molar-refractivity contribution in [3.8, 4) is 0 Å². The molecule has 0 spiro atoms. The minimum absolute atomic E-state index is 0.0337. The van der Waals surface area contributed by atoms with E-state index >= 15 is 0 Å². The second-order valence-electron chi connectivity index (χ2n) is 6.53. The Morgan fingerprint density at radius 2 is 2.23 bits per heavy atom. The summed E-state index contributed by atoms with van der Waals surface area (Å²) in [7, 11) is 1.67. The number of ether oxygens (including phenoxy) is 2. The molecule has 2 rings (SSSR count). The van der Waals surface area contributed by atoms with Crippen molar-refractivity contribution in [3.05, 3.63) is 16.1 Å². The molecule has 1 unspecified atom stereocenters. The predicted molar refractivity (Wildman–Crippen MR) is 86.1 cm³/mol. The molecule has 0 saturated carbocycles. The first kappa shape index (κ1) is 17.2. The number of hydrogen-bond acceptors (Lipinski definition) is 6. The number of carbonyl (C=O) groups excluding carboxylic acids is 1. The monoisotopic (exact) mass is 327 g/mol. The highest BCUT2D eigenvalue weighted by atomic mass is 32.1. The van der Waals surface area contributed by atoms with Crippen LogP contribution in [0.5, 0.6) is 0 Å². The lowest BCUT2D eigenvalue weighted by atomic mass is 10.2. The number of nitrogens with zero attached hydrogens (tertiary/aromatic N) is 2. The predicted octanol–water partition coefficient (Wildman–Crippen LogP) is 2.18. The third-order valence-electron chi connectivity index (χ3n) is 3.40. The summed E-state index contributed by atoms with van der Waals surface area (Å²) >= 11 is 1.64. The van der Waals surface area contributed by atoms with E-state index in [-0.39, 0.29) is 18.2 Å². The van der Waals surface area contributed by atoms with Gasteiger partial charge in [0.2, 0.25) is 0 Å². The van der Waals surface area contributed by atoms with E-state index < -0.39 is 5.60 Å². The van der Waals surface area contributed by atoms with Crippen molar-refractivity contribution in [3.63, 3.8) is 0 Å². The summed E-state index contributed by atoms with van der Waals surface area (Å²) in [4.78, 5) is 18.3. The van der Waals surface area contributed by atoms with Crippen LogP contribution in [0.2, 0.25) is 0 Å². The molecule has 22 heavy (non-hydrogen) atoms. The molecule has 1 aliphatic rings. The number of rotatable bonds is 4. The van der Waals surface area contributed by atoms with E-state index in [1.807, 2.05) is 33.1 Å². The van der Waals surface area contributed by atoms with Crippen LogP contribution in [0.1, 0.15) is 31.5 Å². The van der Waals surface area contributed by atoms with Crippen molar-refractivity contribution < 1.29 is 14.3 Å². The second kappa shape index (κ2) is 6.93. The Kier molecular flexibility index (Phi) is 5.41. The van der Waals surface area contributed by atoms with Crippen LogP contribution in [0.3, 0.4) is 0 Å². The Bertz CT molecular complexity index is 512. The van der Waals surface area contributed by atoms with Crippen LogP contribution in [-0.4, -0.2) is 53.9 Å². The summed E-state index contributed by atoms with van der Waals surface area (Å²) in [5.41, 5.74) is 0.552. The molecule has 7 heteroatoms. The molecule has 1 amide bonds. The highest BCUT2D eigenvalue weighted by Gasteiger charge is 2.37. The van der Waals surface area contributed by atoms with Crippen molar-refractivity contribution in [1.82, 2.24) is 15.2 Å². The fourth-order valence-corrected chi connectivity index (χ4v) is 3.11. The Hall–Kier alpha value is -1.18. The van der Waals surface area contributed by atoms with E-state index in [1.54, 1.807) is 23.3 Å². The number of aryl methyl sites for hydroxylation is 1. The minimum Gasteiger partial charge on any atom is -0.444 e. The topological polar surface area (TPSA) is 63.7 Å². The van der Waals surface area contributed by atoms with Crippen molar-refractivity contribution in [2.24, 2.45) is 0 Å². The number of aromatic nitrogens is 1. The Morgan fingerprint density at radius 3 is 2.77 bits per heavy atom. The van der Waals surface area contributed by atoms with Gasteiger partial charge in [-0.05, 0) is 27.7 Å². The van der Waals surface area contributed by atoms with Gasteiger partial charge in [-0.1, -0.05) is 0 Å². The van der Waals surface area contributed by atoms with Crippen LogP contribution in [0, 0.1) is 6.92 Å². The van der Waals surface area contributed by atoms with Gasteiger partial charge in [0.15, 0.2) is 0 Å². The SMILES string of the molecule is CO[C@H]1CN(C(=O)OC(C)(C)C)CC1NCc1nc(C)cs1. The van der Waals surface area contributed by atoms with Crippen molar-refractivity contribution in [1.29, 1.82) is 0 Å². The zero-order valence-corrected chi connectivity index (χ0v) is 14.7. The summed E-state index contributed by atoms with van der Waals surface area (Å²) in [5.74, 6) is 0. The first-order chi connectivity index (χ1) is 10.3. The van der Waals surface area contributed by atoms with Gasteiger partial charge >= 0.3 is 6.09 Å². The van der Waals surface area contributed by atoms with Gasteiger partial charge in [-0.3, -0.25) is 0 Å². The molecule has 2 atom stereocenters. The lowest BCUT2D eigenvalue weighted by Crippen LogP contribution is -2.40. The van der Waals surface area contributed by atoms with Gasteiger partial charge in [0.1, 0.15) is 10.6 Å². The number of carbonyl (C=O) groups is 1. The molecule has 1 aromatic rings. The highest BCUT2D eigenvalue weighted by Crippen LogP contribution is 2.18. The van der Waals surface area contributed by atoms with E-state index in [4.69, 9.17) is 9.47 Å². The average molecular weight is 327 g/mol. The lowest BCUT2D eigenvalue weighted by Gasteiger charge is -2.24. The number of nitrogens with one attached hydrogen (secondary N) is 1. The largest absolute Gasteiger partial charge is 0.444 e. The minimum atomic E-state index is -0.483. The summed E-state index contributed by atoms with van der Waals surface area (Å²) in [6.45, 7) is 9.40. The van der Waals surface area contributed by atoms with Gasteiger partial charge in [-0.15, -0.1) is 11.3 Å². The Balaban J connectivity index is 1.90. The number of methoxy groups -OCH3 is 1. The third-order valence-corrected chi connectivity index (χ3v) is 4.37. The van der Waals surface area contributed by atoms with Gasteiger partial charge in [0.25, 0.3) is 0 Å². The van der Waals surface area contributed by atoms with Crippen LogP contribution in [0.15, 0.2) is 5.38 Å². The first-order valence-electron chi connectivity index (χ1n) is 7.43. The zero-order chi connectivity index (χ0) is 16.3. The fraction of sp³-hybridized carbons (Fsp3) is 0.733. The molecule has 1 aliphatic heterocycles. The average Bonchev–Trinajstić information content (AvgIpc) is 3.00. The summed E-state index contributed by atoms with van der Waals surface area (Å²) in [6, 6.07) is 0.0849. The Labute approximate surface area is 135 Å². The molecular weight excluding hydrogens is 302 g/mol. The van der Waals surface area contributed by atoms with Crippen LogP contribution < -0.4 is 5.32 Å². The molecular formula is C15H25N3O3S. The molecule has 0 radical (unpaired) electrons. The molecule has 1 fully saturated rings. The number of thiazole rings is 1. The molecule has 0 bridgehead atoms. The summed E-state index contributed by atoms with van der Waals surface area (Å²) in [5, 5.41) is 6.51. The van der Waals surface area contributed by atoms with E-state index in [0.717, 1.165) is 10.7 Å². The lowest BCUT2D eigenvalue weighted by molar-refractivity contribution is 0.0252. The number of amides is 1. The maximum Gasteiger partial charge on any atom is 0.410 e. The Morgan fingerprint density at radius 1 is 1.50 bits per heavy atom. The van der Waals surface area contributed by atoms with E-state index in [2.05, 4.69) is 10.3 Å². The zero-order valence-electron chi connectivity index (χ0n) is 13.9. The quantitative estimate of drug-likeness (QED) is 0.918. The van der Waals surface area contributed by atoms with Gasteiger partial charge in [-0.25, -0.2) is 9.78 Å².